The van der Waals surface area contributed by atoms with Crippen molar-refractivity contribution in [3.8, 4) is 11.5 Å². The number of fused-ring (bicyclic) bond motifs is 2. The lowest BCUT2D eigenvalue weighted by molar-refractivity contribution is 0.0705. The summed E-state index contributed by atoms with van der Waals surface area (Å²) in [5.74, 6) is -0.293. The average molecular weight is 550 g/mol. The Hall–Kier alpha value is -4.56. The Bertz CT molecular complexity index is 1820. The summed E-state index contributed by atoms with van der Waals surface area (Å²) in [7, 11) is 1.47. The second-order valence-electron chi connectivity index (χ2n) is 11.0. The van der Waals surface area contributed by atoms with Crippen molar-refractivity contribution in [3.05, 3.63) is 77.4 Å². The van der Waals surface area contributed by atoms with E-state index >= 15 is 0 Å². The van der Waals surface area contributed by atoms with Gasteiger partial charge in [0, 0.05) is 18.2 Å². The molecule has 0 aliphatic carbocycles. The standard InChI is InChI=1S/C33H31N3O5/c1-40-29-16-26-27(17-28(29)37)36(18-22-8-3-13-35(22)33(26)39)41-14-4-7-21-15-25(32(34)38)24-12-10-20-6-2-5-19-9-11-23(21)31(24)30(19)20/h2,5-6,9-12,15-17,22,37H,3-4,7-8,13-14,18H2,1H3,(H2,34,38). The minimum absolute atomic E-state index is 0.0395. The number of rotatable bonds is 7. The first kappa shape index (κ1) is 25.4. The Morgan fingerprint density at radius 3 is 2.59 bits per heavy atom. The number of hydrogen-bond acceptors (Lipinski definition) is 6. The smallest absolute Gasteiger partial charge is 0.256 e. The number of carbonyl (C=O) groups is 2. The van der Waals surface area contributed by atoms with Gasteiger partial charge in [0.2, 0.25) is 5.91 Å². The van der Waals surface area contributed by atoms with E-state index in [0.717, 1.165) is 50.7 Å². The number of amides is 2. The molecule has 5 aromatic carbocycles. The van der Waals surface area contributed by atoms with Crippen LogP contribution in [0.15, 0.2) is 60.7 Å². The van der Waals surface area contributed by atoms with Crippen molar-refractivity contribution < 1.29 is 24.3 Å². The third-order valence-corrected chi connectivity index (χ3v) is 8.65. The summed E-state index contributed by atoms with van der Waals surface area (Å²) in [6, 6.07) is 19.6. The maximum absolute atomic E-state index is 13.4. The molecule has 0 saturated carbocycles. The second kappa shape index (κ2) is 9.82. The molecule has 1 saturated heterocycles. The van der Waals surface area contributed by atoms with Gasteiger partial charge in [-0.3, -0.25) is 19.5 Å². The number of nitrogens with two attached hydrogens (primary N) is 1. The fraction of sp³-hybridized carbons (Fsp3) is 0.273. The molecule has 208 valence electrons. The van der Waals surface area contributed by atoms with Crippen LogP contribution in [-0.2, 0) is 11.3 Å². The number of aryl methyl sites for hydroxylation is 1. The minimum atomic E-state index is -0.442. The van der Waals surface area contributed by atoms with Gasteiger partial charge in [-0.25, -0.2) is 0 Å². The monoisotopic (exact) mass is 549 g/mol. The van der Waals surface area contributed by atoms with Gasteiger partial charge in [0.05, 0.1) is 37.6 Å². The van der Waals surface area contributed by atoms with Crippen LogP contribution in [-0.4, -0.2) is 54.7 Å². The molecule has 1 unspecified atom stereocenters. The molecule has 1 atom stereocenters. The van der Waals surface area contributed by atoms with Crippen molar-refractivity contribution in [1.82, 2.24) is 4.90 Å². The van der Waals surface area contributed by atoms with Crippen molar-refractivity contribution >= 4 is 49.8 Å². The first-order chi connectivity index (χ1) is 19.9. The first-order valence-electron chi connectivity index (χ1n) is 14.1. The van der Waals surface area contributed by atoms with E-state index < -0.39 is 5.91 Å². The van der Waals surface area contributed by atoms with Crippen molar-refractivity contribution in [3.63, 3.8) is 0 Å². The topological polar surface area (TPSA) is 105 Å². The lowest BCUT2D eigenvalue weighted by Crippen LogP contribution is -2.40. The van der Waals surface area contributed by atoms with Gasteiger partial charge in [-0.1, -0.05) is 42.5 Å². The van der Waals surface area contributed by atoms with E-state index in [9.17, 15) is 14.7 Å². The third-order valence-electron chi connectivity index (χ3n) is 8.65. The van der Waals surface area contributed by atoms with Gasteiger partial charge in [-0.15, -0.1) is 0 Å². The van der Waals surface area contributed by atoms with E-state index in [1.807, 2.05) is 29.2 Å². The molecule has 2 heterocycles. The van der Waals surface area contributed by atoms with Gasteiger partial charge in [0.25, 0.3) is 5.91 Å². The van der Waals surface area contributed by atoms with Crippen molar-refractivity contribution in [2.24, 2.45) is 5.73 Å². The highest BCUT2D eigenvalue weighted by atomic mass is 16.7. The number of nitrogens with zero attached hydrogens (tertiary/aromatic N) is 2. The maximum atomic E-state index is 13.4. The minimum Gasteiger partial charge on any atom is -0.504 e. The molecule has 8 heteroatoms. The van der Waals surface area contributed by atoms with Crippen molar-refractivity contribution in [1.29, 1.82) is 0 Å². The van der Waals surface area contributed by atoms with Gasteiger partial charge < -0.3 is 20.5 Å². The van der Waals surface area contributed by atoms with Crippen LogP contribution in [0.5, 0.6) is 11.5 Å². The number of carbonyl (C=O) groups excluding carboxylic acids is 2. The van der Waals surface area contributed by atoms with Crippen LogP contribution >= 0.6 is 0 Å². The van der Waals surface area contributed by atoms with Gasteiger partial charge in [-0.05, 0) is 75.7 Å². The summed E-state index contributed by atoms with van der Waals surface area (Å²) in [6.45, 7) is 1.62. The van der Waals surface area contributed by atoms with Crippen LogP contribution in [0.2, 0.25) is 0 Å². The van der Waals surface area contributed by atoms with E-state index in [0.29, 0.717) is 49.4 Å². The molecule has 0 aromatic heterocycles. The molecule has 41 heavy (non-hydrogen) atoms. The number of anilines is 1. The highest BCUT2D eigenvalue weighted by Gasteiger charge is 2.37. The lowest BCUT2D eigenvalue weighted by atomic mass is 9.88. The third kappa shape index (κ3) is 4.09. The zero-order chi connectivity index (χ0) is 28.2. The summed E-state index contributed by atoms with van der Waals surface area (Å²) in [5.41, 5.74) is 8.42. The number of aromatic hydroxyl groups is 1. The molecule has 7 rings (SSSR count). The van der Waals surface area contributed by atoms with Crippen molar-refractivity contribution in [2.45, 2.75) is 31.7 Å². The molecule has 1 fully saturated rings. The van der Waals surface area contributed by atoms with E-state index in [4.69, 9.17) is 15.3 Å². The molecule has 0 radical (unpaired) electrons. The van der Waals surface area contributed by atoms with E-state index in [1.54, 1.807) is 17.2 Å². The summed E-state index contributed by atoms with van der Waals surface area (Å²) in [6.07, 6.45) is 3.21. The van der Waals surface area contributed by atoms with Gasteiger partial charge in [-0.2, -0.15) is 0 Å². The molecule has 8 nitrogen and oxygen atoms in total. The predicted molar refractivity (Wildman–Crippen MR) is 159 cm³/mol. The summed E-state index contributed by atoms with van der Waals surface area (Å²) < 4.78 is 5.29. The van der Waals surface area contributed by atoms with Crippen LogP contribution in [0.1, 0.15) is 45.5 Å². The molecular formula is C33H31N3O5. The van der Waals surface area contributed by atoms with Crippen LogP contribution in [0.4, 0.5) is 5.69 Å². The van der Waals surface area contributed by atoms with Crippen LogP contribution in [0, 0.1) is 0 Å². The highest BCUT2D eigenvalue weighted by molar-refractivity contribution is 6.26. The summed E-state index contributed by atoms with van der Waals surface area (Å²) in [5, 5.41) is 18.7. The van der Waals surface area contributed by atoms with Crippen LogP contribution in [0.3, 0.4) is 0 Å². The van der Waals surface area contributed by atoms with Gasteiger partial charge in [0.1, 0.15) is 0 Å². The Morgan fingerprint density at radius 1 is 1.05 bits per heavy atom. The maximum Gasteiger partial charge on any atom is 0.256 e. The Balaban J connectivity index is 1.18. The quantitative estimate of drug-likeness (QED) is 0.208. The van der Waals surface area contributed by atoms with Gasteiger partial charge in [0.15, 0.2) is 11.5 Å². The molecule has 5 aromatic rings. The lowest BCUT2D eigenvalue weighted by Gasteiger charge is -2.27. The number of phenols is 1. The normalized spacial score (nSPS) is 16.9. The van der Waals surface area contributed by atoms with Crippen LogP contribution in [0.25, 0.3) is 32.3 Å². The first-order valence-corrected chi connectivity index (χ1v) is 14.1. The zero-order valence-electron chi connectivity index (χ0n) is 22.9. The van der Waals surface area contributed by atoms with E-state index in [2.05, 4.69) is 24.3 Å². The zero-order valence-corrected chi connectivity index (χ0v) is 22.9. The number of ether oxygens (including phenoxy) is 1. The molecule has 3 N–H and O–H groups in total. The van der Waals surface area contributed by atoms with Gasteiger partial charge >= 0.3 is 0 Å². The molecule has 0 spiro atoms. The Morgan fingerprint density at radius 2 is 1.83 bits per heavy atom. The number of hydroxylamine groups is 1. The van der Waals surface area contributed by atoms with E-state index in [-0.39, 0.29) is 23.4 Å². The predicted octanol–water partition coefficient (Wildman–Crippen LogP) is 5.39. The van der Waals surface area contributed by atoms with Crippen LogP contribution < -0.4 is 15.5 Å². The molecule has 2 aliphatic rings. The average Bonchev–Trinajstić information content (AvgIpc) is 3.41. The number of phenolic OH excluding ortho intramolecular Hbond substituents is 1. The molecular weight excluding hydrogens is 518 g/mol. The van der Waals surface area contributed by atoms with E-state index in [1.165, 1.54) is 7.11 Å². The summed E-state index contributed by atoms with van der Waals surface area (Å²) in [4.78, 5) is 34.1. The fourth-order valence-electron chi connectivity index (χ4n) is 6.71. The SMILES string of the molecule is COc1cc2c(cc1O)N(OCCCc1cc(C(N)=O)c3ccc4cccc5ccc1c3c54)CC1CCCN1C2=O. The summed E-state index contributed by atoms with van der Waals surface area (Å²) >= 11 is 0. The number of methoxy groups -OCH3 is 1. The highest BCUT2D eigenvalue weighted by Crippen LogP contribution is 2.40. The Kier molecular flexibility index (Phi) is 6.08. The Labute approximate surface area is 237 Å². The largest absolute Gasteiger partial charge is 0.504 e. The number of hydrogen-bond donors (Lipinski definition) is 2. The molecule has 2 amide bonds. The number of primary amides is 1. The number of benzene rings is 5. The molecule has 2 aliphatic heterocycles. The van der Waals surface area contributed by atoms with Crippen molar-refractivity contribution in [2.75, 3.05) is 31.9 Å². The molecule has 0 bridgehead atoms. The second-order valence-corrected chi connectivity index (χ2v) is 11.0. The fourth-order valence-corrected chi connectivity index (χ4v) is 6.71.